The van der Waals surface area contributed by atoms with E-state index >= 15 is 0 Å². The predicted molar refractivity (Wildman–Crippen MR) is 63.7 cm³/mol. The molecule has 2 N–H and O–H groups in total. The summed E-state index contributed by atoms with van der Waals surface area (Å²) in [6, 6.07) is 0.230. The van der Waals surface area contributed by atoms with Crippen LogP contribution in [0, 0.1) is 18.8 Å². The normalized spacial score (nSPS) is 31.4. The summed E-state index contributed by atoms with van der Waals surface area (Å²) in [6.45, 7) is 3.20. The van der Waals surface area contributed by atoms with E-state index in [2.05, 4.69) is 10.1 Å². The second kappa shape index (κ2) is 4.35. The topological polar surface area (TPSA) is 85.2 Å². The minimum Gasteiger partial charge on any atom is -0.339 e. The van der Waals surface area contributed by atoms with Gasteiger partial charge in [-0.25, -0.2) is 0 Å². The van der Waals surface area contributed by atoms with E-state index in [0.29, 0.717) is 17.7 Å². The van der Waals surface area contributed by atoms with Crippen LogP contribution in [0.4, 0.5) is 0 Å². The lowest BCUT2D eigenvalue weighted by atomic mass is 9.78. The number of fused-ring (bicyclic) bond motifs is 1. The molecular formula is C12H18N4O2. The number of aryl methyl sites for hydroxylation is 1. The smallest absolute Gasteiger partial charge is 0.295 e. The lowest BCUT2D eigenvalue weighted by molar-refractivity contribution is 0.0768. The van der Waals surface area contributed by atoms with Gasteiger partial charge in [-0.1, -0.05) is 11.6 Å². The Labute approximate surface area is 106 Å². The van der Waals surface area contributed by atoms with Gasteiger partial charge in [0, 0.05) is 26.1 Å². The zero-order chi connectivity index (χ0) is 12.7. The number of nitrogens with zero attached hydrogens (tertiary/aromatic N) is 3. The Morgan fingerprint density at radius 1 is 1.44 bits per heavy atom. The van der Waals surface area contributed by atoms with E-state index in [1.165, 1.54) is 12.8 Å². The molecule has 3 atom stereocenters. The van der Waals surface area contributed by atoms with Crippen LogP contribution in [-0.2, 0) is 0 Å². The first-order valence-electron chi connectivity index (χ1n) is 6.50. The molecule has 0 radical (unpaired) electrons. The highest BCUT2D eigenvalue weighted by Crippen LogP contribution is 2.35. The maximum absolute atomic E-state index is 12.2. The van der Waals surface area contributed by atoms with E-state index in [4.69, 9.17) is 10.3 Å². The molecule has 0 spiro atoms. The molecule has 0 aromatic carbocycles. The van der Waals surface area contributed by atoms with Gasteiger partial charge in [0.05, 0.1) is 0 Å². The lowest BCUT2D eigenvalue weighted by Crippen LogP contribution is -2.38. The van der Waals surface area contributed by atoms with Crippen LogP contribution in [0.3, 0.4) is 0 Å². The number of aromatic nitrogens is 2. The van der Waals surface area contributed by atoms with Crippen LogP contribution < -0.4 is 5.73 Å². The molecule has 1 aromatic heterocycles. The molecule has 3 rings (SSSR count). The number of hydrogen-bond donors (Lipinski definition) is 1. The Kier molecular flexibility index (Phi) is 2.81. The van der Waals surface area contributed by atoms with Crippen LogP contribution >= 0.6 is 0 Å². The quantitative estimate of drug-likeness (QED) is 0.788. The summed E-state index contributed by atoms with van der Waals surface area (Å²) >= 11 is 0. The van der Waals surface area contributed by atoms with Crippen LogP contribution in [0.25, 0.3) is 0 Å². The van der Waals surface area contributed by atoms with E-state index < -0.39 is 0 Å². The van der Waals surface area contributed by atoms with Crippen molar-refractivity contribution in [3.63, 3.8) is 0 Å². The first-order valence-corrected chi connectivity index (χ1v) is 6.50. The fraction of sp³-hybridized carbons (Fsp3) is 0.750. The third kappa shape index (κ3) is 1.90. The summed E-state index contributed by atoms with van der Waals surface area (Å²) < 4.78 is 4.85. The number of rotatable bonds is 1. The molecule has 2 fully saturated rings. The van der Waals surface area contributed by atoms with E-state index in [1.807, 2.05) is 4.90 Å². The van der Waals surface area contributed by atoms with Crippen LogP contribution in [0.1, 0.15) is 35.8 Å². The van der Waals surface area contributed by atoms with Gasteiger partial charge in [0.25, 0.3) is 11.7 Å². The Hall–Kier alpha value is -1.43. The second-order valence-corrected chi connectivity index (χ2v) is 5.37. The second-order valence-electron chi connectivity index (χ2n) is 5.37. The number of likely N-dealkylation sites (tertiary alicyclic amines) is 1. The molecular weight excluding hydrogens is 232 g/mol. The fourth-order valence-corrected chi connectivity index (χ4v) is 3.21. The van der Waals surface area contributed by atoms with Gasteiger partial charge in [-0.05, 0) is 24.7 Å². The largest absolute Gasteiger partial charge is 0.339 e. The van der Waals surface area contributed by atoms with E-state index in [0.717, 1.165) is 19.5 Å². The summed E-state index contributed by atoms with van der Waals surface area (Å²) in [5, 5.41) is 3.69. The van der Waals surface area contributed by atoms with Crippen molar-refractivity contribution in [2.24, 2.45) is 17.6 Å². The monoisotopic (exact) mass is 250 g/mol. The molecule has 6 heteroatoms. The van der Waals surface area contributed by atoms with Crippen molar-refractivity contribution >= 4 is 5.91 Å². The first kappa shape index (κ1) is 11.6. The molecule has 3 unspecified atom stereocenters. The number of amides is 1. The Balaban J connectivity index is 1.73. The molecule has 1 amide bonds. The van der Waals surface area contributed by atoms with Gasteiger partial charge in [-0.15, -0.1) is 0 Å². The van der Waals surface area contributed by atoms with Crippen LogP contribution in [0.2, 0.25) is 0 Å². The average Bonchev–Trinajstić information content (AvgIpc) is 2.95. The molecule has 1 saturated carbocycles. The molecule has 6 nitrogen and oxygen atoms in total. The van der Waals surface area contributed by atoms with Gasteiger partial charge in [0.15, 0.2) is 0 Å². The molecule has 2 aliphatic rings. The van der Waals surface area contributed by atoms with Crippen molar-refractivity contribution in [3.8, 4) is 0 Å². The molecule has 1 saturated heterocycles. The summed E-state index contributed by atoms with van der Waals surface area (Å²) in [5.74, 6) is 1.45. The molecule has 2 heterocycles. The molecule has 1 aromatic rings. The van der Waals surface area contributed by atoms with Gasteiger partial charge in [0.1, 0.15) is 0 Å². The maximum atomic E-state index is 12.2. The molecule has 98 valence electrons. The summed E-state index contributed by atoms with van der Waals surface area (Å²) in [7, 11) is 0. The van der Waals surface area contributed by atoms with Gasteiger partial charge in [0.2, 0.25) is 5.89 Å². The van der Waals surface area contributed by atoms with E-state index in [1.54, 1.807) is 6.92 Å². The molecule has 1 aliphatic carbocycles. The standard InChI is InChI=1S/C12H18N4O2/c1-7-14-11(15-18-7)12(17)16-5-8-3-2-4-10(13)9(8)6-16/h8-10H,2-6,13H2,1H3. The minimum absolute atomic E-state index is 0.131. The van der Waals surface area contributed by atoms with Gasteiger partial charge >= 0.3 is 0 Å². The number of carbonyl (C=O) groups excluding carboxylic acids is 1. The number of nitrogens with two attached hydrogens (primary N) is 1. The van der Waals surface area contributed by atoms with Crippen LogP contribution in [0.5, 0.6) is 0 Å². The van der Waals surface area contributed by atoms with Crippen molar-refractivity contribution in [2.75, 3.05) is 13.1 Å². The molecule has 1 aliphatic heterocycles. The summed E-state index contributed by atoms with van der Waals surface area (Å²) in [4.78, 5) is 18.0. The Morgan fingerprint density at radius 2 is 2.28 bits per heavy atom. The van der Waals surface area contributed by atoms with Crippen molar-refractivity contribution in [2.45, 2.75) is 32.2 Å². The third-order valence-electron chi connectivity index (χ3n) is 4.16. The highest BCUT2D eigenvalue weighted by atomic mass is 16.5. The molecule has 0 bridgehead atoms. The van der Waals surface area contributed by atoms with Crippen LogP contribution in [0.15, 0.2) is 4.52 Å². The fourth-order valence-electron chi connectivity index (χ4n) is 3.21. The minimum atomic E-state index is -0.131. The van der Waals surface area contributed by atoms with Gasteiger partial charge < -0.3 is 15.2 Å². The van der Waals surface area contributed by atoms with Crippen molar-refractivity contribution in [1.29, 1.82) is 0 Å². The van der Waals surface area contributed by atoms with Gasteiger partial charge in [-0.2, -0.15) is 4.98 Å². The van der Waals surface area contributed by atoms with Crippen molar-refractivity contribution in [1.82, 2.24) is 15.0 Å². The van der Waals surface area contributed by atoms with E-state index in [9.17, 15) is 4.79 Å². The van der Waals surface area contributed by atoms with Crippen LogP contribution in [-0.4, -0.2) is 40.1 Å². The maximum Gasteiger partial charge on any atom is 0.295 e. The molecule has 18 heavy (non-hydrogen) atoms. The Morgan fingerprint density at radius 3 is 2.94 bits per heavy atom. The average molecular weight is 250 g/mol. The summed E-state index contributed by atoms with van der Waals surface area (Å²) in [5.41, 5.74) is 6.14. The Bertz CT molecular complexity index is 459. The SMILES string of the molecule is Cc1nc(C(=O)N2CC3CCCC(N)C3C2)no1. The number of carbonyl (C=O) groups is 1. The zero-order valence-corrected chi connectivity index (χ0v) is 10.5. The summed E-state index contributed by atoms with van der Waals surface area (Å²) in [6.07, 6.45) is 3.42. The van der Waals surface area contributed by atoms with Gasteiger partial charge in [-0.3, -0.25) is 4.79 Å². The zero-order valence-electron chi connectivity index (χ0n) is 10.5. The lowest BCUT2D eigenvalue weighted by Gasteiger charge is -2.29. The van der Waals surface area contributed by atoms with Crippen molar-refractivity contribution < 1.29 is 9.32 Å². The van der Waals surface area contributed by atoms with Crippen molar-refractivity contribution in [3.05, 3.63) is 11.7 Å². The third-order valence-corrected chi connectivity index (χ3v) is 4.16. The first-order chi connectivity index (χ1) is 8.65. The number of hydrogen-bond acceptors (Lipinski definition) is 5. The highest BCUT2D eigenvalue weighted by molar-refractivity contribution is 5.90. The predicted octanol–water partition coefficient (Wildman–Crippen LogP) is 0.577. The highest BCUT2D eigenvalue weighted by Gasteiger charge is 2.41. The van der Waals surface area contributed by atoms with E-state index in [-0.39, 0.29) is 17.8 Å².